The van der Waals surface area contributed by atoms with Gasteiger partial charge in [-0.25, -0.2) is 17.9 Å². The van der Waals surface area contributed by atoms with Crippen molar-refractivity contribution in [3.63, 3.8) is 0 Å². The molecular weight excluding hydrogens is 280 g/mol. The first-order valence-corrected chi connectivity index (χ1v) is 7.65. The zero-order chi connectivity index (χ0) is 15.3. The van der Waals surface area contributed by atoms with Crippen LogP contribution >= 0.6 is 0 Å². The Hall–Kier alpha value is -1.78. The van der Waals surface area contributed by atoms with Crippen LogP contribution < -0.4 is 4.72 Å². The number of terminal acetylenes is 1. The maximum atomic E-state index is 12.2. The third kappa shape index (κ3) is 3.62. The summed E-state index contributed by atoms with van der Waals surface area (Å²) in [5.74, 6) is 1.30. The summed E-state index contributed by atoms with van der Waals surface area (Å²) in [6.07, 6.45) is 7.09. The molecule has 0 saturated heterocycles. The van der Waals surface area contributed by atoms with Crippen molar-refractivity contribution in [2.75, 3.05) is 6.54 Å². The number of carbonyl (C=O) groups is 1. The molecule has 0 saturated carbocycles. The number of hydrogen-bond donors (Lipinski definition) is 3. The molecule has 0 unspecified atom stereocenters. The molecule has 0 spiro atoms. The fourth-order valence-corrected chi connectivity index (χ4v) is 3.50. The minimum atomic E-state index is -3.72. The van der Waals surface area contributed by atoms with Crippen LogP contribution in [-0.2, 0) is 10.0 Å². The Kier molecular flexibility index (Phi) is 5.36. The van der Waals surface area contributed by atoms with Crippen molar-refractivity contribution in [1.82, 2.24) is 9.71 Å². The molecule has 0 amide bonds. The fraction of sp³-hybridized carbons (Fsp3) is 0.462. The van der Waals surface area contributed by atoms with Gasteiger partial charge in [0.1, 0.15) is 10.6 Å². The van der Waals surface area contributed by atoms with Crippen LogP contribution in [0.3, 0.4) is 0 Å². The Morgan fingerprint density at radius 3 is 2.55 bits per heavy atom. The zero-order valence-corrected chi connectivity index (χ0v) is 12.3. The molecule has 0 aliphatic carbocycles. The minimum Gasteiger partial charge on any atom is -0.477 e. The average molecular weight is 298 g/mol. The summed E-state index contributed by atoms with van der Waals surface area (Å²) in [5.41, 5.74) is 0.428. The zero-order valence-electron chi connectivity index (χ0n) is 11.5. The molecule has 1 aromatic rings. The lowest BCUT2D eigenvalue weighted by molar-refractivity contribution is 0.0690. The Morgan fingerprint density at radius 2 is 2.05 bits per heavy atom. The molecule has 1 aromatic heterocycles. The average Bonchev–Trinajstić information content (AvgIpc) is 2.65. The highest BCUT2D eigenvalue weighted by atomic mass is 32.2. The van der Waals surface area contributed by atoms with Crippen LogP contribution in [0.5, 0.6) is 0 Å². The number of H-pyrrole nitrogens is 1. The standard InChI is InChI=1S/C13H18N2O4S/c1-4-5-6-7-8-14-20(18,19)12-9(2)11(13(16)17)15-10(12)3/h1,14-15H,5-8H2,2-3H3,(H,16,17). The summed E-state index contributed by atoms with van der Waals surface area (Å²) in [4.78, 5) is 13.6. The van der Waals surface area contributed by atoms with E-state index in [1.165, 1.54) is 13.8 Å². The fourth-order valence-electron chi connectivity index (χ4n) is 1.98. The largest absolute Gasteiger partial charge is 0.477 e. The minimum absolute atomic E-state index is 0.00634. The second-order valence-electron chi connectivity index (χ2n) is 4.44. The number of unbranched alkanes of at least 4 members (excludes halogenated alkanes) is 2. The molecule has 110 valence electrons. The van der Waals surface area contributed by atoms with Gasteiger partial charge < -0.3 is 10.1 Å². The van der Waals surface area contributed by atoms with E-state index in [0.29, 0.717) is 18.5 Å². The number of rotatable bonds is 7. The van der Waals surface area contributed by atoms with Gasteiger partial charge in [-0.3, -0.25) is 0 Å². The predicted molar refractivity (Wildman–Crippen MR) is 75.1 cm³/mol. The number of sulfonamides is 1. The van der Waals surface area contributed by atoms with Gasteiger partial charge in [-0.15, -0.1) is 12.3 Å². The summed E-state index contributed by atoms with van der Waals surface area (Å²) < 4.78 is 26.8. The topological polar surface area (TPSA) is 99.3 Å². The van der Waals surface area contributed by atoms with E-state index in [-0.39, 0.29) is 22.7 Å². The second kappa shape index (κ2) is 6.59. The summed E-state index contributed by atoms with van der Waals surface area (Å²) in [6, 6.07) is 0. The van der Waals surface area contributed by atoms with Gasteiger partial charge in [0.05, 0.1) is 0 Å². The molecule has 3 N–H and O–H groups in total. The SMILES string of the molecule is C#CCCCCNS(=O)(=O)c1c(C)[nH]c(C(=O)O)c1C. The predicted octanol–water partition coefficient (Wildman–Crippen LogP) is 1.41. The number of aromatic carboxylic acids is 1. The Bertz CT molecular complexity index is 638. The number of carboxylic acids is 1. The smallest absolute Gasteiger partial charge is 0.352 e. The summed E-state index contributed by atoms with van der Waals surface area (Å²) in [6.45, 7) is 3.28. The van der Waals surface area contributed by atoms with E-state index in [0.717, 1.165) is 6.42 Å². The molecule has 0 aromatic carbocycles. The van der Waals surface area contributed by atoms with Gasteiger partial charge in [-0.2, -0.15) is 0 Å². The molecule has 0 fully saturated rings. The van der Waals surface area contributed by atoms with Crippen LogP contribution in [0.15, 0.2) is 4.90 Å². The third-order valence-corrected chi connectivity index (χ3v) is 4.63. The summed E-state index contributed by atoms with van der Waals surface area (Å²) in [5, 5.41) is 8.98. The molecule has 6 nitrogen and oxygen atoms in total. The van der Waals surface area contributed by atoms with E-state index in [9.17, 15) is 13.2 Å². The number of hydrogen-bond acceptors (Lipinski definition) is 3. The van der Waals surface area contributed by atoms with Crippen LogP contribution in [0.25, 0.3) is 0 Å². The van der Waals surface area contributed by atoms with Crippen molar-refractivity contribution in [3.8, 4) is 12.3 Å². The molecule has 7 heteroatoms. The van der Waals surface area contributed by atoms with Crippen LogP contribution in [0.1, 0.15) is 41.0 Å². The highest BCUT2D eigenvalue weighted by Crippen LogP contribution is 2.22. The van der Waals surface area contributed by atoms with Gasteiger partial charge in [-0.1, -0.05) is 0 Å². The lowest BCUT2D eigenvalue weighted by Crippen LogP contribution is -2.25. The highest BCUT2D eigenvalue weighted by molar-refractivity contribution is 7.89. The van der Waals surface area contributed by atoms with Crippen molar-refractivity contribution in [2.45, 2.75) is 38.0 Å². The highest BCUT2D eigenvalue weighted by Gasteiger charge is 2.25. The van der Waals surface area contributed by atoms with Crippen LogP contribution in [0, 0.1) is 26.2 Å². The van der Waals surface area contributed by atoms with Gasteiger partial charge in [0.15, 0.2) is 0 Å². The molecule has 0 radical (unpaired) electrons. The molecule has 0 atom stereocenters. The first-order valence-electron chi connectivity index (χ1n) is 6.17. The molecule has 1 rings (SSSR count). The molecule has 0 aliphatic heterocycles. The van der Waals surface area contributed by atoms with E-state index in [2.05, 4.69) is 15.6 Å². The maximum absolute atomic E-state index is 12.2. The lowest BCUT2D eigenvalue weighted by atomic mass is 10.2. The van der Waals surface area contributed by atoms with Crippen molar-refractivity contribution < 1.29 is 18.3 Å². The Morgan fingerprint density at radius 1 is 1.40 bits per heavy atom. The van der Waals surface area contributed by atoms with Crippen molar-refractivity contribution in [1.29, 1.82) is 0 Å². The number of aromatic amines is 1. The van der Waals surface area contributed by atoms with E-state index in [1.807, 2.05) is 0 Å². The summed E-state index contributed by atoms with van der Waals surface area (Å²) >= 11 is 0. The molecule has 0 bridgehead atoms. The normalized spacial score (nSPS) is 11.2. The molecule has 20 heavy (non-hydrogen) atoms. The molecule has 1 heterocycles. The van der Waals surface area contributed by atoms with Gasteiger partial charge in [-0.05, 0) is 26.7 Å². The number of nitrogens with one attached hydrogen (secondary N) is 2. The number of aryl methyl sites for hydroxylation is 1. The monoisotopic (exact) mass is 298 g/mol. The number of carboxylic acid groups (broad SMARTS) is 1. The maximum Gasteiger partial charge on any atom is 0.352 e. The first kappa shape index (κ1) is 16.3. The second-order valence-corrected chi connectivity index (χ2v) is 6.15. The van der Waals surface area contributed by atoms with Crippen LogP contribution in [-0.4, -0.2) is 31.0 Å². The van der Waals surface area contributed by atoms with Gasteiger partial charge in [0.2, 0.25) is 10.0 Å². The Labute approximate surface area is 118 Å². The quantitative estimate of drug-likeness (QED) is 0.523. The van der Waals surface area contributed by atoms with E-state index < -0.39 is 16.0 Å². The van der Waals surface area contributed by atoms with Crippen molar-refractivity contribution >= 4 is 16.0 Å². The van der Waals surface area contributed by atoms with Gasteiger partial charge in [0.25, 0.3) is 0 Å². The van der Waals surface area contributed by atoms with Crippen molar-refractivity contribution in [3.05, 3.63) is 17.0 Å². The van der Waals surface area contributed by atoms with E-state index in [1.54, 1.807) is 0 Å². The van der Waals surface area contributed by atoms with Crippen LogP contribution in [0.4, 0.5) is 0 Å². The third-order valence-electron chi connectivity index (χ3n) is 2.89. The lowest BCUT2D eigenvalue weighted by Gasteiger charge is -2.07. The van der Waals surface area contributed by atoms with Gasteiger partial charge >= 0.3 is 5.97 Å². The molecular formula is C13H18N2O4S. The first-order chi connectivity index (χ1) is 9.31. The van der Waals surface area contributed by atoms with Crippen LogP contribution in [0.2, 0.25) is 0 Å². The Balaban J connectivity index is 2.88. The van der Waals surface area contributed by atoms with E-state index in [4.69, 9.17) is 11.5 Å². The number of aromatic nitrogens is 1. The van der Waals surface area contributed by atoms with Gasteiger partial charge in [0, 0.05) is 24.2 Å². The van der Waals surface area contributed by atoms with Crippen molar-refractivity contribution in [2.24, 2.45) is 0 Å². The van der Waals surface area contributed by atoms with E-state index >= 15 is 0 Å². The molecule has 0 aliphatic rings. The summed E-state index contributed by atoms with van der Waals surface area (Å²) in [7, 11) is -3.72.